The Labute approximate surface area is 227 Å². The van der Waals surface area contributed by atoms with Crippen molar-refractivity contribution >= 4 is 6.09 Å². The van der Waals surface area contributed by atoms with Crippen molar-refractivity contribution in [2.75, 3.05) is 6.61 Å². The Hall–Kier alpha value is -3.31. The standard InChI is InChI=1S/C28H36F2N6O3/c1-7-35-24-14-34(13-22(24)31-26(35)21-10-16(2)33(6)32-21)18-12-23(36(27(37)38)28(3,4)5)25(39-15-18)19-11-17(29)8-9-20(19)30/h8-11,18,23,25H,7,12-15H2,1-6H3,(H,37,38)/t18-,23+,25-/m1/s1. The van der Waals surface area contributed by atoms with E-state index in [4.69, 9.17) is 9.72 Å². The first-order valence-corrected chi connectivity index (χ1v) is 13.3. The van der Waals surface area contributed by atoms with Gasteiger partial charge in [-0.2, -0.15) is 5.10 Å². The quantitative estimate of drug-likeness (QED) is 0.494. The number of fused-ring (bicyclic) bond motifs is 1. The molecule has 0 saturated carbocycles. The van der Waals surface area contributed by atoms with E-state index in [1.54, 1.807) is 20.8 Å². The lowest BCUT2D eigenvalue weighted by molar-refractivity contribution is -0.103. The van der Waals surface area contributed by atoms with Gasteiger partial charge in [-0.15, -0.1) is 0 Å². The molecule has 1 fully saturated rings. The van der Waals surface area contributed by atoms with Crippen LogP contribution < -0.4 is 0 Å². The zero-order chi connectivity index (χ0) is 28.2. The molecule has 2 aromatic heterocycles. The third kappa shape index (κ3) is 4.93. The minimum atomic E-state index is -1.13. The van der Waals surface area contributed by atoms with Crippen molar-refractivity contribution in [2.45, 2.75) is 84.4 Å². The van der Waals surface area contributed by atoms with Gasteiger partial charge >= 0.3 is 6.09 Å². The number of amides is 1. The first kappa shape index (κ1) is 27.3. The maximum Gasteiger partial charge on any atom is 0.408 e. The topological polar surface area (TPSA) is 88.7 Å². The van der Waals surface area contributed by atoms with Gasteiger partial charge in [-0.25, -0.2) is 18.6 Å². The van der Waals surface area contributed by atoms with E-state index in [-0.39, 0.29) is 18.2 Å². The summed E-state index contributed by atoms with van der Waals surface area (Å²) in [7, 11) is 1.91. The number of carboxylic acid groups (broad SMARTS) is 1. The largest absolute Gasteiger partial charge is 0.465 e. The molecule has 0 radical (unpaired) electrons. The van der Waals surface area contributed by atoms with Crippen LogP contribution in [0.3, 0.4) is 0 Å². The third-order valence-corrected chi connectivity index (χ3v) is 7.89. The number of hydrogen-bond acceptors (Lipinski definition) is 5. The summed E-state index contributed by atoms with van der Waals surface area (Å²) in [4.78, 5) is 21.0. The minimum absolute atomic E-state index is 0.0352. The number of aromatic nitrogens is 4. The van der Waals surface area contributed by atoms with Crippen molar-refractivity contribution < 1.29 is 23.4 Å². The molecule has 2 aliphatic heterocycles. The Morgan fingerprint density at radius 1 is 1.23 bits per heavy atom. The summed E-state index contributed by atoms with van der Waals surface area (Å²) in [6.07, 6.45) is -1.65. The molecule has 1 N–H and O–H groups in total. The molecule has 1 saturated heterocycles. The van der Waals surface area contributed by atoms with E-state index >= 15 is 0 Å². The van der Waals surface area contributed by atoms with Gasteiger partial charge in [0.1, 0.15) is 23.4 Å². The molecule has 0 unspecified atom stereocenters. The van der Waals surface area contributed by atoms with Crippen LogP contribution in [0.5, 0.6) is 0 Å². The summed E-state index contributed by atoms with van der Waals surface area (Å²) in [6, 6.07) is 4.40. The van der Waals surface area contributed by atoms with Gasteiger partial charge in [0.15, 0.2) is 5.82 Å². The number of nitrogens with zero attached hydrogens (tertiary/aromatic N) is 6. The van der Waals surface area contributed by atoms with Crippen LogP contribution in [-0.4, -0.2) is 64.6 Å². The average Bonchev–Trinajstić information content (AvgIpc) is 3.52. The fraction of sp³-hybridized carbons (Fsp3) is 0.536. The molecule has 1 amide bonds. The van der Waals surface area contributed by atoms with Crippen molar-refractivity contribution in [3.8, 4) is 11.5 Å². The summed E-state index contributed by atoms with van der Waals surface area (Å²) >= 11 is 0. The number of benzene rings is 1. The molecule has 39 heavy (non-hydrogen) atoms. The van der Waals surface area contributed by atoms with Gasteiger partial charge in [-0.1, -0.05) is 0 Å². The van der Waals surface area contributed by atoms with Crippen LogP contribution in [-0.2, 0) is 31.4 Å². The summed E-state index contributed by atoms with van der Waals surface area (Å²) in [5.41, 5.74) is 3.21. The number of hydrogen-bond donors (Lipinski definition) is 1. The molecule has 2 aliphatic rings. The summed E-state index contributed by atoms with van der Waals surface area (Å²) in [6.45, 7) is 11.7. The summed E-state index contributed by atoms with van der Waals surface area (Å²) in [5, 5.41) is 14.8. The van der Waals surface area contributed by atoms with E-state index < -0.39 is 35.4 Å². The Balaban J connectivity index is 1.44. The molecule has 3 atom stereocenters. The van der Waals surface area contributed by atoms with Crippen LogP contribution in [0, 0.1) is 18.6 Å². The third-order valence-electron chi connectivity index (χ3n) is 7.89. The van der Waals surface area contributed by atoms with Gasteiger partial charge in [-0.3, -0.25) is 14.5 Å². The first-order valence-electron chi connectivity index (χ1n) is 13.3. The second-order valence-electron chi connectivity index (χ2n) is 11.5. The lowest BCUT2D eigenvalue weighted by atomic mass is 9.88. The van der Waals surface area contributed by atoms with Crippen LogP contribution in [0.4, 0.5) is 13.6 Å². The Morgan fingerprint density at radius 3 is 2.59 bits per heavy atom. The molecule has 0 bridgehead atoms. The number of carbonyl (C=O) groups is 1. The Kier molecular flexibility index (Phi) is 7.00. The first-order chi connectivity index (χ1) is 18.4. The normalized spacial score (nSPS) is 21.8. The van der Waals surface area contributed by atoms with Gasteiger partial charge in [0.05, 0.1) is 24.0 Å². The highest BCUT2D eigenvalue weighted by Crippen LogP contribution is 2.40. The minimum Gasteiger partial charge on any atom is -0.465 e. The Morgan fingerprint density at radius 2 is 1.97 bits per heavy atom. The van der Waals surface area contributed by atoms with Gasteiger partial charge in [0.2, 0.25) is 0 Å². The fourth-order valence-corrected chi connectivity index (χ4v) is 5.99. The molecule has 9 nitrogen and oxygen atoms in total. The van der Waals surface area contributed by atoms with E-state index in [1.807, 2.05) is 24.7 Å². The lowest BCUT2D eigenvalue weighted by Crippen LogP contribution is -2.58. The van der Waals surface area contributed by atoms with Crippen molar-refractivity contribution in [3.05, 3.63) is 58.5 Å². The predicted octanol–water partition coefficient (Wildman–Crippen LogP) is 4.88. The van der Waals surface area contributed by atoms with E-state index in [0.717, 1.165) is 53.3 Å². The van der Waals surface area contributed by atoms with Gasteiger partial charge < -0.3 is 14.4 Å². The number of aryl methyl sites for hydroxylation is 2. The fourth-order valence-electron chi connectivity index (χ4n) is 5.99. The van der Waals surface area contributed by atoms with Crippen LogP contribution in [0.2, 0.25) is 0 Å². The molecule has 0 aliphatic carbocycles. The molecule has 3 aromatic rings. The zero-order valence-electron chi connectivity index (χ0n) is 23.3. The number of halogens is 2. The van der Waals surface area contributed by atoms with Crippen LogP contribution in [0.1, 0.15) is 62.9 Å². The Bertz CT molecular complexity index is 1380. The number of imidazole rings is 1. The van der Waals surface area contributed by atoms with Crippen LogP contribution in [0.15, 0.2) is 24.3 Å². The van der Waals surface area contributed by atoms with Crippen LogP contribution in [0.25, 0.3) is 11.5 Å². The molecular weight excluding hydrogens is 506 g/mol. The lowest BCUT2D eigenvalue weighted by Gasteiger charge is -2.48. The molecule has 4 heterocycles. The zero-order valence-corrected chi connectivity index (χ0v) is 23.3. The average molecular weight is 543 g/mol. The SMILES string of the molecule is CCn1c(-c2cc(C)n(C)n2)nc2c1CN([C@H]1CO[C@H](c3cc(F)ccc3F)[C@@H](N(C(=O)O)C(C)(C)C)C1)C2. The van der Waals surface area contributed by atoms with Gasteiger partial charge in [0, 0.05) is 49.5 Å². The highest BCUT2D eigenvalue weighted by atomic mass is 19.1. The van der Waals surface area contributed by atoms with Crippen molar-refractivity contribution in [1.29, 1.82) is 0 Å². The molecular formula is C28H36F2N6O3. The van der Waals surface area contributed by atoms with Crippen molar-refractivity contribution in [3.63, 3.8) is 0 Å². The number of rotatable bonds is 5. The maximum absolute atomic E-state index is 14.9. The smallest absolute Gasteiger partial charge is 0.408 e. The molecule has 0 spiro atoms. The summed E-state index contributed by atoms with van der Waals surface area (Å²) < 4.78 is 39.2. The second-order valence-corrected chi connectivity index (χ2v) is 11.5. The monoisotopic (exact) mass is 542 g/mol. The van der Waals surface area contributed by atoms with Gasteiger partial charge in [-0.05, 0) is 65.3 Å². The molecule has 5 rings (SSSR count). The predicted molar refractivity (Wildman–Crippen MR) is 141 cm³/mol. The summed E-state index contributed by atoms with van der Waals surface area (Å²) in [5.74, 6) is -0.365. The molecule has 210 valence electrons. The van der Waals surface area contributed by atoms with E-state index in [1.165, 1.54) is 4.90 Å². The highest BCUT2D eigenvalue weighted by Gasteiger charge is 2.46. The van der Waals surface area contributed by atoms with E-state index in [0.29, 0.717) is 19.5 Å². The van der Waals surface area contributed by atoms with Crippen LogP contribution >= 0.6 is 0 Å². The molecule has 11 heteroatoms. The number of ether oxygens (including phenoxy) is 1. The maximum atomic E-state index is 14.9. The van der Waals surface area contributed by atoms with Crippen molar-refractivity contribution in [1.82, 2.24) is 29.1 Å². The molecule has 1 aromatic carbocycles. The van der Waals surface area contributed by atoms with E-state index in [2.05, 4.69) is 21.5 Å². The highest BCUT2D eigenvalue weighted by molar-refractivity contribution is 5.66. The second kappa shape index (κ2) is 10.0. The van der Waals surface area contributed by atoms with Crippen molar-refractivity contribution in [2.24, 2.45) is 7.05 Å². The van der Waals surface area contributed by atoms with Gasteiger partial charge in [0.25, 0.3) is 0 Å². The van der Waals surface area contributed by atoms with E-state index in [9.17, 15) is 18.7 Å².